The average Bonchev–Trinajstić information content (AvgIpc) is 3.31. The molecule has 0 saturated heterocycles. The Bertz CT molecular complexity index is 1300. The quantitative estimate of drug-likeness (QED) is 0.378. The highest BCUT2D eigenvalue weighted by molar-refractivity contribution is 6.36. The summed E-state index contributed by atoms with van der Waals surface area (Å²) < 4.78 is 7.35. The van der Waals surface area contributed by atoms with Crippen LogP contribution in [0.1, 0.15) is 41.5 Å². The summed E-state index contributed by atoms with van der Waals surface area (Å²) >= 11 is 6.57. The fraction of sp³-hybridized carbons (Fsp3) is 0.250. The Hall–Kier alpha value is -3.66. The van der Waals surface area contributed by atoms with Crippen LogP contribution in [0.3, 0.4) is 0 Å². The number of carbonyl (C=O) groups is 1. The number of fused-ring (bicyclic) bond motifs is 2. The van der Waals surface area contributed by atoms with Crippen molar-refractivity contribution >= 4 is 46.6 Å². The third kappa shape index (κ3) is 3.55. The van der Waals surface area contributed by atoms with Crippen molar-refractivity contribution in [2.45, 2.75) is 26.4 Å². The molecule has 0 aliphatic rings. The van der Waals surface area contributed by atoms with Crippen molar-refractivity contribution in [1.82, 2.24) is 30.1 Å². The summed E-state index contributed by atoms with van der Waals surface area (Å²) in [7, 11) is 0. The first-order valence-corrected chi connectivity index (χ1v) is 9.98. The molecule has 4 aromatic rings. The van der Waals surface area contributed by atoms with Gasteiger partial charge in [0.25, 0.3) is 5.91 Å². The SMILES string of the molecule is C=NCc1[nH]nc2c(OCC)c(C(C)NC(=O)c3c(N)nn4cccnc34)cc(Cl)c12. The highest BCUT2D eigenvalue weighted by Gasteiger charge is 2.25. The summed E-state index contributed by atoms with van der Waals surface area (Å²) in [5, 5.41) is 15.6. The summed E-state index contributed by atoms with van der Waals surface area (Å²) in [5.41, 5.74) is 8.54. The van der Waals surface area contributed by atoms with Gasteiger partial charge in [0, 0.05) is 23.3 Å². The van der Waals surface area contributed by atoms with E-state index in [-0.39, 0.29) is 11.4 Å². The number of H-pyrrole nitrogens is 1. The van der Waals surface area contributed by atoms with E-state index in [9.17, 15) is 4.79 Å². The predicted molar refractivity (Wildman–Crippen MR) is 119 cm³/mol. The number of nitrogen functional groups attached to an aromatic ring is 1. The molecular formula is C20H21ClN8O2. The second kappa shape index (κ2) is 8.23. The molecule has 31 heavy (non-hydrogen) atoms. The normalized spacial score (nSPS) is 12.2. The molecule has 3 heterocycles. The third-order valence-corrected chi connectivity index (χ3v) is 5.16. The standard InChI is InChI=1S/C20H21ClN8O2/c1-4-31-17-11(8-12(21)14-13(9-23-3)26-27-16(14)17)10(2)25-20(30)15-18(22)28-29-7-5-6-24-19(15)29/h5-8,10H,3-4,9H2,1-2H3,(H2,22,28)(H,25,30)(H,26,27). The Morgan fingerprint density at radius 2 is 2.32 bits per heavy atom. The summed E-state index contributed by atoms with van der Waals surface area (Å²) in [6, 6.07) is 3.00. The van der Waals surface area contributed by atoms with Crippen molar-refractivity contribution in [1.29, 1.82) is 0 Å². The van der Waals surface area contributed by atoms with Gasteiger partial charge in [-0.25, -0.2) is 9.50 Å². The van der Waals surface area contributed by atoms with Crippen molar-refractivity contribution in [2.24, 2.45) is 4.99 Å². The van der Waals surface area contributed by atoms with Crippen molar-refractivity contribution < 1.29 is 9.53 Å². The van der Waals surface area contributed by atoms with Gasteiger partial charge in [-0.05, 0) is 32.7 Å². The molecule has 0 fully saturated rings. The smallest absolute Gasteiger partial charge is 0.259 e. The van der Waals surface area contributed by atoms with Crippen molar-refractivity contribution in [3.8, 4) is 5.75 Å². The predicted octanol–water partition coefficient (Wildman–Crippen LogP) is 2.93. The van der Waals surface area contributed by atoms with E-state index in [0.29, 0.717) is 40.7 Å². The molecule has 0 radical (unpaired) electrons. The van der Waals surface area contributed by atoms with Gasteiger partial charge in [-0.15, -0.1) is 5.10 Å². The molecule has 1 unspecified atom stereocenters. The number of aromatic nitrogens is 5. The second-order valence-electron chi connectivity index (χ2n) is 6.86. The molecule has 3 aromatic heterocycles. The number of nitrogens with one attached hydrogen (secondary N) is 2. The number of amides is 1. The molecule has 0 bridgehead atoms. The van der Waals surface area contributed by atoms with Gasteiger partial charge in [0.05, 0.1) is 29.9 Å². The van der Waals surface area contributed by atoms with E-state index in [1.54, 1.807) is 24.5 Å². The summed E-state index contributed by atoms with van der Waals surface area (Å²) in [6.45, 7) is 7.97. The molecule has 4 N–H and O–H groups in total. The molecule has 1 atom stereocenters. The topological polar surface area (TPSA) is 136 Å². The molecule has 0 spiro atoms. The van der Waals surface area contributed by atoms with Crippen molar-refractivity contribution in [2.75, 3.05) is 12.3 Å². The van der Waals surface area contributed by atoms with Gasteiger partial charge < -0.3 is 15.8 Å². The zero-order valence-electron chi connectivity index (χ0n) is 17.0. The van der Waals surface area contributed by atoms with Crippen LogP contribution in [0.15, 0.2) is 29.5 Å². The van der Waals surface area contributed by atoms with E-state index >= 15 is 0 Å². The Labute approximate surface area is 182 Å². The van der Waals surface area contributed by atoms with Gasteiger partial charge in [-0.1, -0.05) is 11.6 Å². The van der Waals surface area contributed by atoms with Crippen LogP contribution < -0.4 is 15.8 Å². The van der Waals surface area contributed by atoms with Crippen LogP contribution in [0, 0.1) is 0 Å². The largest absolute Gasteiger partial charge is 0.491 e. The molecule has 1 aromatic carbocycles. The molecule has 0 aliphatic heterocycles. The maximum absolute atomic E-state index is 13.0. The molecule has 11 heteroatoms. The first kappa shape index (κ1) is 20.6. The number of ether oxygens (including phenoxy) is 1. The van der Waals surface area contributed by atoms with E-state index in [4.69, 9.17) is 22.1 Å². The van der Waals surface area contributed by atoms with E-state index in [1.165, 1.54) is 4.52 Å². The van der Waals surface area contributed by atoms with E-state index in [0.717, 1.165) is 11.1 Å². The van der Waals surface area contributed by atoms with Crippen LogP contribution in [0.5, 0.6) is 5.75 Å². The summed E-state index contributed by atoms with van der Waals surface area (Å²) in [5.74, 6) is 0.221. The Kier molecular flexibility index (Phi) is 5.47. The maximum atomic E-state index is 13.0. The molecule has 160 valence electrons. The van der Waals surface area contributed by atoms with Gasteiger partial charge in [-0.2, -0.15) is 5.10 Å². The van der Waals surface area contributed by atoms with E-state index in [2.05, 4.69) is 37.3 Å². The Morgan fingerprint density at radius 1 is 1.52 bits per heavy atom. The minimum absolute atomic E-state index is 0.0933. The lowest BCUT2D eigenvalue weighted by Crippen LogP contribution is -2.27. The minimum atomic E-state index is -0.466. The number of hydrogen-bond acceptors (Lipinski definition) is 7. The number of aliphatic imine (C=N–C) groups is 1. The zero-order chi connectivity index (χ0) is 22.1. The Balaban J connectivity index is 1.74. The fourth-order valence-corrected chi connectivity index (χ4v) is 3.84. The van der Waals surface area contributed by atoms with Crippen LogP contribution in [0.2, 0.25) is 5.02 Å². The summed E-state index contributed by atoms with van der Waals surface area (Å²) in [6.07, 6.45) is 3.25. The van der Waals surface area contributed by atoms with Crippen LogP contribution in [-0.4, -0.2) is 44.0 Å². The number of aromatic amines is 1. The van der Waals surface area contributed by atoms with Crippen LogP contribution in [-0.2, 0) is 6.54 Å². The first-order chi connectivity index (χ1) is 15.0. The number of nitrogens with zero attached hydrogens (tertiary/aromatic N) is 5. The van der Waals surface area contributed by atoms with Crippen molar-refractivity contribution in [3.05, 3.63) is 46.4 Å². The minimum Gasteiger partial charge on any atom is -0.491 e. The number of nitrogens with two attached hydrogens (primary N) is 1. The lowest BCUT2D eigenvalue weighted by Gasteiger charge is -2.19. The average molecular weight is 441 g/mol. The fourth-order valence-electron chi connectivity index (χ4n) is 3.52. The van der Waals surface area contributed by atoms with Gasteiger partial charge in [0.2, 0.25) is 0 Å². The highest BCUT2D eigenvalue weighted by Crippen LogP contribution is 2.39. The van der Waals surface area contributed by atoms with Gasteiger partial charge in [-0.3, -0.25) is 14.9 Å². The lowest BCUT2D eigenvalue weighted by atomic mass is 10.0. The van der Waals surface area contributed by atoms with Crippen LogP contribution in [0.25, 0.3) is 16.6 Å². The number of hydrogen-bond donors (Lipinski definition) is 3. The molecule has 10 nitrogen and oxygen atoms in total. The first-order valence-electron chi connectivity index (χ1n) is 9.60. The van der Waals surface area contributed by atoms with Gasteiger partial charge in [0.15, 0.2) is 17.2 Å². The highest BCUT2D eigenvalue weighted by atomic mass is 35.5. The van der Waals surface area contributed by atoms with Crippen LogP contribution >= 0.6 is 11.6 Å². The molecule has 4 rings (SSSR count). The maximum Gasteiger partial charge on any atom is 0.259 e. The number of carbonyl (C=O) groups excluding carboxylic acids is 1. The van der Waals surface area contributed by atoms with Crippen LogP contribution in [0.4, 0.5) is 5.82 Å². The molecule has 0 saturated carbocycles. The zero-order valence-corrected chi connectivity index (χ0v) is 17.8. The number of anilines is 1. The Morgan fingerprint density at radius 3 is 3.06 bits per heavy atom. The molecule has 1 amide bonds. The lowest BCUT2D eigenvalue weighted by molar-refractivity contribution is 0.0942. The monoisotopic (exact) mass is 440 g/mol. The number of benzene rings is 1. The number of halogens is 1. The summed E-state index contributed by atoms with van der Waals surface area (Å²) in [4.78, 5) is 21.1. The molecular weight excluding hydrogens is 420 g/mol. The van der Waals surface area contributed by atoms with Gasteiger partial charge >= 0.3 is 0 Å². The second-order valence-corrected chi connectivity index (χ2v) is 7.27. The number of rotatable bonds is 7. The third-order valence-electron chi connectivity index (χ3n) is 4.86. The van der Waals surface area contributed by atoms with E-state index in [1.807, 2.05) is 13.8 Å². The van der Waals surface area contributed by atoms with E-state index < -0.39 is 11.9 Å². The van der Waals surface area contributed by atoms with Gasteiger partial charge in [0.1, 0.15) is 11.1 Å². The molecule has 0 aliphatic carbocycles. The van der Waals surface area contributed by atoms with Crippen molar-refractivity contribution in [3.63, 3.8) is 0 Å².